The van der Waals surface area contributed by atoms with Gasteiger partial charge in [-0.25, -0.2) is 0 Å². The minimum atomic E-state index is -0.268. The first kappa shape index (κ1) is 10.1. The van der Waals surface area contributed by atoms with Crippen molar-refractivity contribution < 1.29 is 0 Å². The van der Waals surface area contributed by atoms with E-state index in [-0.39, 0.29) is 11.1 Å². The quantitative estimate of drug-likeness (QED) is 0.615. The molecule has 1 rings (SSSR count). The first-order valence-electron chi connectivity index (χ1n) is 4.21. The van der Waals surface area contributed by atoms with Crippen LogP contribution in [0, 0.1) is 30.1 Å². The maximum Gasteiger partial charge on any atom is 0.269 e. The topological polar surface area (TPSA) is 45.8 Å². The van der Waals surface area contributed by atoms with Crippen LogP contribution >= 0.6 is 0 Å². The van der Waals surface area contributed by atoms with Crippen LogP contribution in [-0.2, 0) is 6.54 Å². The van der Waals surface area contributed by atoms with E-state index in [1.807, 2.05) is 13.0 Å². The van der Waals surface area contributed by atoms with Crippen molar-refractivity contribution in [2.24, 2.45) is 0 Å². The van der Waals surface area contributed by atoms with Gasteiger partial charge in [-0.3, -0.25) is 4.79 Å². The van der Waals surface area contributed by atoms with E-state index < -0.39 is 0 Å². The van der Waals surface area contributed by atoms with E-state index in [4.69, 9.17) is 5.26 Å². The maximum atomic E-state index is 11.6. The number of pyridine rings is 1. The Morgan fingerprint density at radius 1 is 1.50 bits per heavy atom. The molecule has 0 aliphatic carbocycles. The molecule has 1 heterocycles. The molecule has 0 saturated heterocycles. The Bertz CT molecular complexity index is 495. The third-order valence-corrected chi connectivity index (χ3v) is 1.93. The number of hydrogen-bond acceptors (Lipinski definition) is 2. The highest BCUT2D eigenvalue weighted by atomic mass is 16.1. The van der Waals surface area contributed by atoms with E-state index in [9.17, 15) is 4.79 Å². The van der Waals surface area contributed by atoms with Crippen molar-refractivity contribution in [3.05, 3.63) is 33.7 Å². The lowest BCUT2D eigenvalue weighted by Crippen LogP contribution is -2.23. The van der Waals surface area contributed by atoms with Crippen molar-refractivity contribution in [2.45, 2.75) is 20.4 Å². The molecule has 14 heavy (non-hydrogen) atoms. The van der Waals surface area contributed by atoms with Gasteiger partial charge in [-0.15, -0.1) is 5.92 Å². The van der Waals surface area contributed by atoms with Crippen molar-refractivity contribution in [1.82, 2.24) is 4.57 Å². The summed E-state index contributed by atoms with van der Waals surface area (Å²) in [5, 5.41) is 8.66. The van der Waals surface area contributed by atoms with Gasteiger partial charge in [0.1, 0.15) is 11.6 Å². The van der Waals surface area contributed by atoms with Crippen LogP contribution < -0.4 is 5.56 Å². The van der Waals surface area contributed by atoms with Gasteiger partial charge in [0.25, 0.3) is 5.56 Å². The number of nitrogens with zero attached hydrogens (tertiary/aromatic N) is 2. The van der Waals surface area contributed by atoms with Crippen LogP contribution in [-0.4, -0.2) is 4.57 Å². The Balaban J connectivity index is 3.32. The lowest BCUT2D eigenvalue weighted by atomic mass is 10.2. The predicted molar refractivity (Wildman–Crippen MR) is 53.6 cm³/mol. The average Bonchev–Trinajstić information content (AvgIpc) is 2.18. The van der Waals surface area contributed by atoms with Crippen molar-refractivity contribution in [3.8, 4) is 17.9 Å². The molecule has 70 valence electrons. The Kier molecular flexibility index (Phi) is 3.09. The molecule has 0 aromatic carbocycles. The first-order chi connectivity index (χ1) is 6.70. The van der Waals surface area contributed by atoms with Gasteiger partial charge in [0.05, 0.1) is 6.54 Å². The van der Waals surface area contributed by atoms with Gasteiger partial charge in [0.2, 0.25) is 0 Å². The van der Waals surface area contributed by atoms with Gasteiger partial charge < -0.3 is 4.57 Å². The molecule has 0 aliphatic heterocycles. The summed E-state index contributed by atoms with van der Waals surface area (Å²) in [4.78, 5) is 11.6. The molecule has 1 aromatic rings. The summed E-state index contributed by atoms with van der Waals surface area (Å²) in [7, 11) is 0. The van der Waals surface area contributed by atoms with E-state index in [2.05, 4.69) is 11.8 Å². The molecular formula is C11H10N2O. The van der Waals surface area contributed by atoms with Crippen LogP contribution in [0.1, 0.15) is 18.2 Å². The predicted octanol–water partition coefficient (Wildman–Crippen LogP) is 1.05. The SMILES string of the molecule is CC#CCn1c(C)ccc(C#N)c1=O. The normalized spacial score (nSPS) is 8.64. The van der Waals surface area contributed by atoms with Crippen LogP contribution in [0.5, 0.6) is 0 Å². The van der Waals surface area contributed by atoms with E-state index in [0.717, 1.165) is 5.69 Å². The molecule has 3 nitrogen and oxygen atoms in total. The van der Waals surface area contributed by atoms with Crippen LogP contribution in [0.4, 0.5) is 0 Å². The molecule has 3 heteroatoms. The summed E-state index contributed by atoms with van der Waals surface area (Å²) in [5.74, 6) is 5.52. The lowest BCUT2D eigenvalue weighted by molar-refractivity contribution is 0.758. The Morgan fingerprint density at radius 2 is 2.21 bits per heavy atom. The largest absolute Gasteiger partial charge is 0.300 e. The number of aromatic nitrogens is 1. The number of hydrogen-bond donors (Lipinski definition) is 0. The van der Waals surface area contributed by atoms with Crippen molar-refractivity contribution >= 4 is 0 Å². The Hall–Kier alpha value is -2.00. The molecule has 0 fully saturated rings. The smallest absolute Gasteiger partial charge is 0.269 e. The molecule has 0 bridgehead atoms. The van der Waals surface area contributed by atoms with Crippen LogP contribution in [0.3, 0.4) is 0 Å². The summed E-state index contributed by atoms with van der Waals surface area (Å²) < 4.78 is 1.50. The molecule has 1 aromatic heterocycles. The van der Waals surface area contributed by atoms with Crippen molar-refractivity contribution in [3.63, 3.8) is 0 Å². The van der Waals surface area contributed by atoms with Gasteiger partial charge in [0.15, 0.2) is 0 Å². The van der Waals surface area contributed by atoms with Gasteiger partial charge in [-0.1, -0.05) is 5.92 Å². The summed E-state index contributed by atoms with van der Waals surface area (Å²) in [5.41, 5.74) is 0.709. The third kappa shape index (κ3) is 1.84. The molecule has 0 radical (unpaired) electrons. The van der Waals surface area contributed by atoms with Crippen LogP contribution in [0.15, 0.2) is 16.9 Å². The number of rotatable bonds is 1. The Labute approximate surface area is 82.6 Å². The standard InChI is InChI=1S/C11H10N2O/c1-3-4-7-13-9(2)5-6-10(8-12)11(13)14/h5-6H,7H2,1-2H3. The Morgan fingerprint density at radius 3 is 2.79 bits per heavy atom. The van der Waals surface area contributed by atoms with E-state index in [0.29, 0.717) is 6.54 Å². The second-order valence-corrected chi connectivity index (χ2v) is 2.82. The van der Waals surface area contributed by atoms with E-state index in [1.165, 1.54) is 10.6 Å². The van der Waals surface area contributed by atoms with Gasteiger partial charge in [-0.2, -0.15) is 5.26 Å². The van der Waals surface area contributed by atoms with Gasteiger partial charge in [-0.05, 0) is 26.0 Å². The molecule has 0 aliphatic rings. The zero-order valence-corrected chi connectivity index (χ0v) is 8.16. The summed E-state index contributed by atoms with van der Waals surface area (Å²) in [6, 6.07) is 5.14. The molecule has 0 atom stereocenters. The minimum Gasteiger partial charge on any atom is -0.300 e. The fraction of sp³-hybridized carbons (Fsp3) is 0.273. The number of aryl methyl sites for hydroxylation is 1. The number of nitriles is 1. The maximum absolute atomic E-state index is 11.6. The fourth-order valence-corrected chi connectivity index (χ4v) is 1.11. The summed E-state index contributed by atoms with van der Waals surface area (Å²) >= 11 is 0. The lowest BCUT2D eigenvalue weighted by Gasteiger charge is -2.05. The molecule has 0 amide bonds. The summed E-state index contributed by atoms with van der Waals surface area (Å²) in [6.07, 6.45) is 0. The fourth-order valence-electron chi connectivity index (χ4n) is 1.11. The zero-order valence-electron chi connectivity index (χ0n) is 8.16. The molecule has 0 unspecified atom stereocenters. The second-order valence-electron chi connectivity index (χ2n) is 2.82. The average molecular weight is 186 g/mol. The molecular weight excluding hydrogens is 176 g/mol. The highest BCUT2D eigenvalue weighted by Crippen LogP contribution is 1.96. The van der Waals surface area contributed by atoms with Crippen LogP contribution in [0.2, 0.25) is 0 Å². The van der Waals surface area contributed by atoms with Gasteiger partial charge >= 0.3 is 0 Å². The monoisotopic (exact) mass is 186 g/mol. The highest BCUT2D eigenvalue weighted by Gasteiger charge is 2.03. The minimum absolute atomic E-state index is 0.161. The molecule has 0 spiro atoms. The highest BCUT2D eigenvalue weighted by molar-refractivity contribution is 5.27. The van der Waals surface area contributed by atoms with Crippen molar-refractivity contribution in [1.29, 1.82) is 5.26 Å². The first-order valence-corrected chi connectivity index (χ1v) is 4.21. The van der Waals surface area contributed by atoms with E-state index in [1.54, 1.807) is 13.0 Å². The molecule has 0 N–H and O–H groups in total. The van der Waals surface area contributed by atoms with E-state index >= 15 is 0 Å². The third-order valence-electron chi connectivity index (χ3n) is 1.93. The van der Waals surface area contributed by atoms with Crippen molar-refractivity contribution in [2.75, 3.05) is 0 Å². The molecule has 0 saturated carbocycles. The van der Waals surface area contributed by atoms with Gasteiger partial charge in [0, 0.05) is 5.69 Å². The zero-order chi connectivity index (χ0) is 10.6. The summed E-state index contributed by atoms with van der Waals surface area (Å²) in [6.45, 7) is 3.88. The van der Waals surface area contributed by atoms with Crippen LogP contribution in [0.25, 0.3) is 0 Å². The second kappa shape index (κ2) is 4.30.